The summed E-state index contributed by atoms with van der Waals surface area (Å²) in [6.07, 6.45) is 5.56. The van der Waals surface area contributed by atoms with Gasteiger partial charge in [-0.15, -0.1) is 0 Å². The van der Waals surface area contributed by atoms with E-state index in [2.05, 4.69) is 25.2 Å². The molecule has 0 aliphatic carbocycles. The summed E-state index contributed by atoms with van der Waals surface area (Å²) in [5.41, 5.74) is 2.09. The van der Waals surface area contributed by atoms with Crippen LogP contribution in [-0.2, 0) is 4.74 Å². The molecule has 1 saturated heterocycles. The lowest BCUT2D eigenvalue weighted by molar-refractivity contribution is 0.0357. The molecule has 49 heavy (non-hydrogen) atoms. The molecule has 1 fully saturated rings. The van der Waals surface area contributed by atoms with E-state index < -0.39 is 11.6 Å². The van der Waals surface area contributed by atoms with E-state index in [-0.39, 0.29) is 22.4 Å². The smallest absolute Gasteiger partial charge is 0.200 e. The van der Waals surface area contributed by atoms with Gasteiger partial charge in [0.1, 0.15) is 17.4 Å². The van der Waals surface area contributed by atoms with Gasteiger partial charge in [-0.2, -0.15) is 0 Å². The number of benzene rings is 3. The number of nitrogens with one attached hydrogen (secondary N) is 2. The lowest BCUT2D eigenvalue weighted by Gasteiger charge is -2.26. The fraction of sp³-hybridized carbons (Fsp3) is 0.216. The Labute approximate surface area is 280 Å². The van der Waals surface area contributed by atoms with Crippen molar-refractivity contribution in [3.8, 4) is 34.1 Å². The van der Waals surface area contributed by atoms with Crippen molar-refractivity contribution >= 4 is 33.3 Å². The monoisotopic (exact) mass is 665 g/mol. The fourth-order valence-electron chi connectivity index (χ4n) is 5.80. The molecule has 0 unspecified atom stereocenters. The van der Waals surface area contributed by atoms with Crippen LogP contribution in [0.4, 0.5) is 20.3 Å². The van der Waals surface area contributed by atoms with E-state index >= 15 is 4.39 Å². The van der Waals surface area contributed by atoms with E-state index in [1.807, 2.05) is 0 Å². The average Bonchev–Trinajstić information content (AvgIpc) is 3.12. The van der Waals surface area contributed by atoms with Gasteiger partial charge >= 0.3 is 0 Å². The first-order valence-corrected chi connectivity index (χ1v) is 15.9. The van der Waals surface area contributed by atoms with Crippen LogP contribution in [0.15, 0.2) is 90.1 Å². The molecule has 250 valence electrons. The Balaban J connectivity index is 1.09. The zero-order valence-corrected chi connectivity index (χ0v) is 26.7. The summed E-state index contributed by atoms with van der Waals surface area (Å²) in [5, 5.41) is 3.97. The number of hydrogen-bond donors (Lipinski definition) is 2. The minimum Gasteiger partial charge on any atom is -0.493 e. The SMILES string of the molecule is COc1cc2c(Oc3ccc(Nc4nccc5[nH]cc(-c6ccc(F)cc6)c(=O)c45)cc3F)ccnc2cc1OCCCN1CCOCC1. The first-order valence-electron chi connectivity index (χ1n) is 15.9. The first-order chi connectivity index (χ1) is 24.0. The second kappa shape index (κ2) is 14.3. The molecule has 0 saturated carbocycles. The normalized spacial score (nSPS) is 13.4. The van der Waals surface area contributed by atoms with Crippen LogP contribution in [0.25, 0.3) is 32.9 Å². The van der Waals surface area contributed by atoms with E-state index in [1.165, 1.54) is 42.6 Å². The van der Waals surface area contributed by atoms with Crippen LogP contribution in [0.5, 0.6) is 23.0 Å². The number of methoxy groups -OCH3 is 1. The Hall–Kier alpha value is -5.59. The van der Waals surface area contributed by atoms with Crippen molar-refractivity contribution in [2.24, 2.45) is 0 Å². The van der Waals surface area contributed by atoms with E-state index in [0.29, 0.717) is 57.1 Å². The molecule has 0 atom stereocenters. The van der Waals surface area contributed by atoms with Crippen molar-refractivity contribution in [1.82, 2.24) is 19.9 Å². The summed E-state index contributed by atoms with van der Waals surface area (Å²) in [6.45, 7) is 4.80. The molecule has 10 nitrogen and oxygen atoms in total. The highest BCUT2D eigenvalue weighted by molar-refractivity contribution is 5.93. The van der Waals surface area contributed by atoms with Gasteiger partial charge in [0.05, 0.1) is 43.4 Å². The summed E-state index contributed by atoms with van der Waals surface area (Å²) in [4.78, 5) is 27.8. The molecule has 1 aliphatic heterocycles. The Morgan fingerprint density at radius 2 is 1.73 bits per heavy atom. The highest BCUT2D eigenvalue weighted by atomic mass is 19.1. The van der Waals surface area contributed by atoms with E-state index in [0.717, 1.165) is 39.3 Å². The van der Waals surface area contributed by atoms with Gasteiger partial charge in [0, 0.05) is 67.0 Å². The summed E-state index contributed by atoms with van der Waals surface area (Å²) in [5.74, 6) is 0.651. The van der Waals surface area contributed by atoms with E-state index in [1.54, 1.807) is 49.8 Å². The molecule has 1 aliphatic rings. The third-order valence-corrected chi connectivity index (χ3v) is 8.33. The summed E-state index contributed by atoms with van der Waals surface area (Å²) < 4.78 is 52.1. The third-order valence-electron chi connectivity index (χ3n) is 8.33. The number of H-pyrrole nitrogens is 1. The number of hydrogen-bond acceptors (Lipinski definition) is 9. The molecule has 12 heteroatoms. The summed E-state index contributed by atoms with van der Waals surface area (Å²) >= 11 is 0. The quantitative estimate of drug-likeness (QED) is 0.141. The number of nitrogens with zero attached hydrogens (tertiary/aromatic N) is 3. The van der Waals surface area contributed by atoms with Crippen LogP contribution >= 0.6 is 0 Å². The van der Waals surface area contributed by atoms with E-state index in [4.69, 9.17) is 18.9 Å². The van der Waals surface area contributed by atoms with Crippen molar-refractivity contribution in [2.75, 3.05) is 51.9 Å². The van der Waals surface area contributed by atoms with Gasteiger partial charge in [-0.25, -0.2) is 13.8 Å². The van der Waals surface area contributed by atoms with Gasteiger partial charge in [-0.1, -0.05) is 12.1 Å². The van der Waals surface area contributed by atoms with Gasteiger partial charge in [0.25, 0.3) is 0 Å². The standard InChI is InChI=1S/C37H33F2N5O5/c1-46-33-20-26-30(21-34(33)48-16-2-13-44-14-17-47-18-15-44)40-12-10-31(26)49-32-8-7-25(19-28(32)39)43-37-35-29(9-11-41-37)42-22-27(36(35)45)23-3-5-24(38)6-4-23/h3-12,19-22H,2,13-18H2,1H3,(H,41,43)(H,42,45). The van der Waals surface area contributed by atoms with Gasteiger partial charge in [0.2, 0.25) is 5.43 Å². The van der Waals surface area contributed by atoms with Crippen molar-refractivity contribution in [3.63, 3.8) is 0 Å². The Kier molecular flexibility index (Phi) is 9.31. The molecule has 3 aromatic heterocycles. The Morgan fingerprint density at radius 3 is 2.53 bits per heavy atom. The number of ether oxygens (including phenoxy) is 4. The van der Waals surface area contributed by atoms with Gasteiger partial charge in [-0.05, 0) is 54.4 Å². The zero-order chi connectivity index (χ0) is 33.7. The molecule has 2 N–H and O–H groups in total. The average molecular weight is 666 g/mol. The maximum atomic E-state index is 15.5. The maximum absolute atomic E-state index is 15.5. The lowest BCUT2D eigenvalue weighted by atomic mass is 10.0. The minimum absolute atomic E-state index is 0.0113. The molecule has 3 aromatic carbocycles. The molecular formula is C37H33F2N5O5. The number of morpholine rings is 1. The van der Waals surface area contributed by atoms with Crippen molar-refractivity contribution in [3.05, 3.63) is 107 Å². The number of fused-ring (bicyclic) bond motifs is 2. The minimum atomic E-state index is -0.636. The molecule has 0 amide bonds. The maximum Gasteiger partial charge on any atom is 0.200 e. The Morgan fingerprint density at radius 1 is 0.918 bits per heavy atom. The van der Waals surface area contributed by atoms with Crippen LogP contribution in [0.2, 0.25) is 0 Å². The molecular weight excluding hydrogens is 632 g/mol. The predicted molar refractivity (Wildman–Crippen MR) is 183 cm³/mol. The third kappa shape index (κ3) is 7.01. The first kappa shape index (κ1) is 32.0. The highest BCUT2D eigenvalue weighted by Crippen LogP contribution is 2.38. The van der Waals surface area contributed by atoms with Crippen LogP contribution in [0, 0.1) is 11.6 Å². The van der Waals surface area contributed by atoms with Crippen molar-refractivity contribution < 1.29 is 27.7 Å². The largest absolute Gasteiger partial charge is 0.493 e. The molecule has 0 spiro atoms. The number of aromatic nitrogens is 3. The molecule has 0 bridgehead atoms. The number of aromatic amines is 1. The fourth-order valence-corrected chi connectivity index (χ4v) is 5.80. The summed E-state index contributed by atoms with van der Waals surface area (Å²) in [7, 11) is 1.56. The molecule has 6 aromatic rings. The van der Waals surface area contributed by atoms with E-state index in [9.17, 15) is 9.18 Å². The van der Waals surface area contributed by atoms with Crippen LogP contribution in [0.3, 0.4) is 0 Å². The summed E-state index contributed by atoms with van der Waals surface area (Å²) in [6, 6.07) is 16.9. The topological polar surface area (TPSA) is 111 Å². The van der Waals surface area contributed by atoms with Crippen molar-refractivity contribution in [2.45, 2.75) is 6.42 Å². The van der Waals surface area contributed by atoms with Gasteiger partial charge in [-0.3, -0.25) is 14.7 Å². The predicted octanol–water partition coefficient (Wildman–Crippen LogP) is 7.06. The second-order valence-electron chi connectivity index (χ2n) is 11.5. The number of pyridine rings is 3. The van der Waals surface area contributed by atoms with Crippen LogP contribution in [0.1, 0.15) is 6.42 Å². The van der Waals surface area contributed by atoms with Crippen molar-refractivity contribution in [1.29, 1.82) is 0 Å². The van der Waals surface area contributed by atoms with Crippen LogP contribution < -0.4 is 25.0 Å². The lowest BCUT2D eigenvalue weighted by Crippen LogP contribution is -2.37. The highest BCUT2D eigenvalue weighted by Gasteiger charge is 2.17. The molecule has 0 radical (unpaired) electrons. The number of halogens is 2. The zero-order valence-electron chi connectivity index (χ0n) is 26.7. The Bertz CT molecular complexity index is 2170. The number of rotatable bonds is 11. The molecule has 4 heterocycles. The van der Waals surface area contributed by atoms with Gasteiger partial charge < -0.3 is 29.2 Å². The van der Waals surface area contributed by atoms with Gasteiger partial charge in [0.15, 0.2) is 23.1 Å². The molecule has 7 rings (SSSR count). The number of anilines is 2. The van der Waals surface area contributed by atoms with Crippen LogP contribution in [-0.4, -0.2) is 66.4 Å². The second-order valence-corrected chi connectivity index (χ2v) is 11.5.